The maximum atomic E-state index is 15.0. The standard InChI is InChI=1S/C44H56ClN3O9S/c1-4-14-55-39-20-35-33(10-7-11-36(35)45)41(46-39)57-31-19-37-38(49)23-44(43(52)47-58(53,54)32-12-13-32)22-29(44)9-6-5-8-25(2)15-26(3)34(42(51)48(37)24-31)21-40(50)56-30-17-27-16-28(27)18-30/h6-7,9-11,20,25-32,34,37H,4-5,8,12-19,21-24H2,1-3H3,(H,47,52)/b9-6-/t25-,26+,27-,28+,29+,30?,31+,34-,37-,44+/m0/s1. The molecule has 4 aliphatic carbocycles. The Morgan fingerprint density at radius 1 is 1.02 bits per heavy atom. The third-order valence-electron chi connectivity index (χ3n) is 13.5. The lowest BCUT2D eigenvalue weighted by Crippen LogP contribution is -2.47. The number of nitrogens with one attached hydrogen (secondary N) is 1. The first-order valence-electron chi connectivity index (χ1n) is 21.4. The Balaban J connectivity index is 1.11. The molecule has 10 atom stereocenters. The van der Waals surface area contributed by atoms with Crippen molar-refractivity contribution in [2.45, 2.75) is 128 Å². The number of pyridine rings is 1. The molecule has 1 aromatic heterocycles. The van der Waals surface area contributed by atoms with Gasteiger partial charge >= 0.3 is 5.97 Å². The van der Waals surface area contributed by atoms with Crippen LogP contribution in [0.1, 0.15) is 104 Å². The number of benzene rings is 1. The highest BCUT2D eigenvalue weighted by Crippen LogP contribution is 2.57. The fourth-order valence-corrected chi connectivity index (χ4v) is 11.5. The maximum Gasteiger partial charge on any atom is 0.306 e. The average Bonchev–Trinajstić information content (AvgIpc) is 4.14. The summed E-state index contributed by atoms with van der Waals surface area (Å²) in [5.74, 6) is -0.947. The number of ether oxygens (including phenoxy) is 3. The van der Waals surface area contributed by atoms with Crippen LogP contribution in [-0.4, -0.2) is 78.5 Å². The molecule has 2 amide bonds. The minimum absolute atomic E-state index is 0.0391. The van der Waals surface area contributed by atoms with E-state index in [2.05, 4.69) is 16.6 Å². The molecule has 0 radical (unpaired) electrons. The molecular formula is C44H56ClN3O9S. The normalized spacial score (nSPS) is 34.2. The van der Waals surface area contributed by atoms with Crippen LogP contribution in [0.2, 0.25) is 5.02 Å². The Labute approximate surface area is 346 Å². The maximum absolute atomic E-state index is 15.0. The van der Waals surface area contributed by atoms with Gasteiger partial charge in [0.1, 0.15) is 12.2 Å². The van der Waals surface area contributed by atoms with Gasteiger partial charge in [0.2, 0.25) is 33.6 Å². The van der Waals surface area contributed by atoms with Crippen molar-refractivity contribution in [1.29, 1.82) is 0 Å². The number of hydrogen-bond acceptors (Lipinski definition) is 10. The van der Waals surface area contributed by atoms with Gasteiger partial charge in [0, 0.05) is 34.7 Å². The lowest BCUT2D eigenvalue weighted by molar-refractivity contribution is -0.155. The second kappa shape index (κ2) is 16.4. The van der Waals surface area contributed by atoms with E-state index >= 15 is 4.79 Å². The second-order valence-corrected chi connectivity index (χ2v) is 20.6. The number of Topliss-reactive ketones (excluding diaryl/α,β-unsaturated/α-hetero) is 1. The van der Waals surface area contributed by atoms with Crippen molar-refractivity contribution in [2.24, 2.45) is 40.9 Å². The molecule has 1 N–H and O–H groups in total. The van der Waals surface area contributed by atoms with Crippen molar-refractivity contribution in [1.82, 2.24) is 14.6 Å². The molecular weight excluding hydrogens is 782 g/mol. The fraction of sp³-hybridized carbons (Fsp3) is 0.659. The smallest absolute Gasteiger partial charge is 0.306 e. The van der Waals surface area contributed by atoms with Crippen molar-refractivity contribution in [3.8, 4) is 11.8 Å². The van der Waals surface area contributed by atoms with E-state index in [4.69, 9.17) is 25.8 Å². The Hall–Kier alpha value is -3.71. The number of fused-ring (bicyclic) bond motifs is 4. The molecule has 4 saturated carbocycles. The van der Waals surface area contributed by atoms with Crippen LogP contribution in [0.15, 0.2) is 36.4 Å². The summed E-state index contributed by atoms with van der Waals surface area (Å²) in [6.45, 7) is 6.60. The summed E-state index contributed by atoms with van der Waals surface area (Å²) in [5, 5.41) is 1.22. The van der Waals surface area contributed by atoms with Crippen LogP contribution in [0.25, 0.3) is 10.8 Å². The predicted octanol–water partition coefficient (Wildman–Crippen LogP) is 6.96. The summed E-state index contributed by atoms with van der Waals surface area (Å²) in [6.07, 6.45) is 10.2. The lowest BCUT2D eigenvalue weighted by Gasteiger charge is -2.32. The van der Waals surface area contributed by atoms with E-state index in [1.165, 1.54) is 6.42 Å². The number of esters is 1. The summed E-state index contributed by atoms with van der Waals surface area (Å²) >= 11 is 6.63. The van der Waals surface area contributed by atoms with Crippen LogP contribution in [0.4, 0.5) is 0 Å². The van der Waals surface area contributed by atoms with E-state index in [9.17, 15) is 22.8 Å². The first-order valence-corrected chi connectivity index (χ1v) is 23.3. The van der Waals surface area contributed by atoms with E-state index in [-0.39, 0.29) is 67.2 Å². The van der Waals surface area contributed by atoms with E-state index in [0.29, 0.717) is 65.8 Å². The molecule has 12 nitrogen and oxygen atoms in total. The number of rotatable bonds is 11. The van der Waals surface area contributed by atoms with Gasteiger partial charge in [-0.1, -0.05) is 50.6 Å². The highest BCUT2D eigenvalue weighted by molar-refractivity contribution is 7.90. The third-order valence-corrected chi connectivity index (χ3v) is 15.7. The number of allylic oxidation sites excluding steroid dienone is 2. The average molecular weight is 838 g/mol. The number of amides is 2. The molecule has 58 heavy (non-hydrogen) atoms. The van der Waals surface area contributed by atoms with Gasteiger partial charge in [0.25, 0.3) is 0 Å². The molecule has 14 heteroatoms. The molecule has 5 fully saturated rings. The van der Waals surface area contributed by atoms with Crippen LogP contribution < -0.4 is 14.2 Å². The lowest BCUT2D eigenvalue weighted by atomic mass is 9.82. The van der Waals surface area contributed by atoms with Gasteiger partial charge in [0.15, 0.2) is 5.78 Å². The SMILES string of the molecule is CCCOc1cc2c(Cl)cccc2c(O[C@@H]2C[C@H]3C(=O)C[C@]4(C(=O)NS(=O)(=O)C5CC5)C[C@H]4/C=C\CC[C@H](C)C[C@@H](C)[C@H](CC(=O)OC4C[C@@H]5C[C@@H]5C4)C(=O)N3C2)n1. The van der Waals surface area contributed by atoms with Gasteiger partial charge in [-0.05, 0) is 106 Å². The van der Waals surface area contributed by atoms with Crippen LogP contribution in [0, 0.1) is 40.9 Å². The number of carbonyl (C=O) groups excluding carboxylic acids is 4. The Bertz CT molecular complexity index is 2080. The zero-order chi connectivity index (χ0) is 40.9. The third kappa shape index (κ3) is 8.76. The summed E-state index contributed by atoms with van der Waals surface area (Å²) in [7, 11) is -3.86. The molecule has 1 unspecified atom stereocenters. The van der Waals surface area contributed by atoms with E-state index in [1.807, 2.05) is 32.1 Å². The summed E-state index contributed by atoms with van der Waals surface area (Å²) < 4.78 is 46.8. The van der Waals surface area contributed by atoms with Gasteiger partial charge < -0.3 is 19.1 Å². The molecule has 2 aliphatic heterocycles. The number of nitrogens with zero attached hydrogens (tertiary/aromatic N) is 2. The van der Waals surface area contributed by atoms with Gasteiger partial charge in [-0.25, -0.2) is 8.42 Å². The van der Waals surface area contributed by atoms with E-state index < -0.39 is 50.6 Å². The summed E-state index contributed by atoms with van der Waals surface area (Å²) in [5.41, 5.74) is -1.26. The number of hydrogen-bond donors (Lipinski definition) is 1. The number of carbonyl (C=O) groups is 4. The minimum Gasteiger partial charge on any atom is -0.478 e. The first kappa shape index (κ1) is 41.0. The fourth-order valence-electron chi connectivity index (χ4n) is 9.87. The van der Waals surface area contributed by atoms with Crippen molar-refractivity contribution in [3.05, 3.63) is 41.4 Å². The van der Waals surface area contributed by atoms with Gasteiger partial charge in [-0.3, -0.25) is 23.9 Å². The molecule has 314 valence electrons. The molecule has 8 rings (SSSR count). The predicted molar refractivity (Wildman–Crippen MR) is 217 cm³/mol. The quantitative estimate of drug-likeness (QED) is 0.185. The Morgan fingerprint density at radius 2 is 1.79 bits per heavy atom. The van der Waals surface area contributed by atoms with Crippen molar-refractivity contribution < 1.29 is 41.8 Å². The Morgan fingerprint density at radius 3 is 2.53 bits per heavy atom. The number of sulfonamides is 1. The zero-order valence-electron chi connectivity index (χ0n) is 33.7. The highest BCUT2D eigenvalue weighted by Gasteiger charge is 2.62. The van der Waals surface area contributed by atoms with Gasteiger partial charge in [-0.2, -0.15) is 4.98 Å². The largest absolute Gasteiger partial charge is 0.478 e. The molecule has 0 spiro atoms. The van der Waals surface area contributed by atoms with Gasteiger partial charge in [0.05, 0.1) is 42.2 Å². The first-order chi connectivity index (χ1) is 27.7. The van der Waals surface area contributed by atoms with Crippen molar-refractivity contribution >= 4 is 56.0 Å². The minimum atomic E-state index is -3.86. The second-order valence-electron chi connectivity index (χ2n) is 18.2. The van der Waals surface area contributed by atoms with Crippen LogP contribution in [0.3, 0.4) is 0 Å². The monoisotopic (exact) mass is 837 g/mol. The topological polar surface area (TPSA) is 158 Å². The van der Waals surface area contributed by atoms with Crippen LogP contribution in [-0.2, 0) is 33.9 Å². The number of aromatic nitrogens is 1. The van der Waals surface area contributed by atoms with E-state index in [1.54, 1.807) is 23.1 Å². The van der Waals surface area contributed by atoms with Crippen LogP contribution >= 0.6 is 11.6 Å². The zero-order valence-corrected chi connectivity index (χ0v) is 35.3. The Kier molecular flexibility index (Phi) is 11.6. The molecule has 1 saturated heterocycles. The van der Waals surface area contributed by atoms with Crippen molar-refractivity contribution in [2.75, 3.05) is 13.2 Å². The molecule has 6 aliphatic rings. The molecule has 2 aromatic rings. The highest BCUT2D eigenvalue weighted by atomic mass is 35.5. The van der Waals surface area contributed by atoms with Crippen molar-refractivity contribution in [3.63, 3.8) is 0 Å². The van der Waals surface area contributed by atoms with E-state index in [0.717, 1.165) is 32.1 Å². The van der Waals surface area contributed by atoms with Crippen LogP contribution in [0.5, 0.6) is 11.8 Å². The number of halogens is 1. The molecule has 0 bridgehead atoms. The molecule has 3 heterocycles. The summed E-state index contributed by atoms with van der Waals surface area (Å²) in [4.78, 5) is 63.6. The summed E-state index contributed by atoms with van der Waals surface area (Å²) in [6, 6.07) is 6.19. The molecule has 1 aromatic carbocycles. The number of ketones is 1. The van der Waals surface area contributed by atoms with Gasteiger partial charge in [-0.15, -0.1) is 0 Å².